The van der Waals surface area contributed by atoms with E-state index < -0.39 is 10.0 Å². The summed E-state index contributed by atoms with van der Waals surface area (Å²) in [4.78, 5) is 0.396. The van der Waals surface area contributed by atoms with Crippen molar-refractivity contribution < 1.29 is 8.42 Å². The molecular weight excluding hydrogens is 270 g/mol. The van der Waals surface area contributed by atoms with Gasteiger partial charge in [-0.3, -0.25) is 0 Å². The smallest absolute Gasteiger partial charge is 0.207 e. The maximum absolute atomic E-state index is 12.7. The van der Waals surface area contributed by atoms with E-state index in [1.165, 1.54) is 0 Å². The summed E-state index contributed by atoms with van der Waals surface area (Å²) in [6.45, 7) is 4.61. The van der Waals surface area contributed by atoms with Crippen LogP contribution in [0.25, 0.3) is 0 Å². The third kappa shape index (κ3) is 3.30. The number of unbranched alkanes of at least 4 members (excludes halogenated alkanes) is 2. The zero-order valence-corrected chi connectivity index (χ0v) is 13.1. The van der Waals surface area contributed by atoms with E-state index >= 15 is 0 Å². The van der Waals surface area contributed by atoms with Gasteiger partial charge in [0.15, 0.2) is 0 Å². The molecule has 0 saturated heterocycles. The highest BCUT2D eigenvalue weighted by atomic mass is 32.2. The quantitative estimate of drug-likeness (QED) is 0.594. The molecule has 1 atom stereocenters. The minimum Gasteiger partial charge on any atom is -0.207 e. The van der Waals surface area contributed by atoms with Gasteiger partial charge >= 0.3 is 0 Å². The van der Waals surface area contributed by atoms with Gasteiger partial charge in [-0.05, 0) is 25.5 Å². The molecule has 1 aliphatic rings. The van der Waals surface area contributed by atoms with Gasteiger partial charge in [0.05, 0.1) is 4.90 Å². The van der Waals surface area contributed by atoms with E-state index in [1.807, 2.05) is 31.2 Å². The summed E-state index contributed by atoms with van der Waals surface area (Å²) in [6.07, 6.45) is 8.29. The molecule has 0 N–H and O–H groups in total. The van der Waals surface area contributed by atoms with Gasteiger partial charge in [-0.15, -0.1) is 0 Å². The molecule has 20 heavy (non-hydrogen) atoms. The molecule has 110 valence electrons. The molecule has 0 saturated carbocycles. The first-order chi connectivity index (χ1) is 9.55. The van der Waals surface area contributed by atoms with Gasteiger partial charge < -0.3 is 0 Å². The summed E-state index contributed by atoms with van der Waals surface area (Å²) in [5.74, 6) is 0. The summed E-state index contributed by atoms with van der Waals surface area (Å²) in [6, 6.07) is 7.12. The van der Waals surface area contributed by atoms with Crippen molar-refractivity contribution in [3.05, 3.63) is 42.0 Å². The maximum Gasteiger partial charge on any atom is 0.243 e. The van der Waals surface area contributed by atoms with E-state index in [0.29, 0.717) is 11.4 Å². The predicted molar refractivity (Wildman–Crippen MR) is 82.1 cm³/mol. The van der Waals surface area contributed by atoms with Crippen molar-refractivity contribution in [2.45, 2.75) is 50.5 Å². The van der Waals surface area contributed by atoms with E-state index in [0.717, 1.165) is 31.2 Å². The van der Waals surface area contributed by atoms with E-state index in [-0.39, 0.29) is 6.04 Å². The molecule has 1 aliphatic heterocycles. The Morgan fingerprint density at radius 2 is 1.90 bits per heavy atom. The van der Waals surface area contributed by atoms with Crippen LogP contribution in [0.15, 0.2) is 41.3 Å². The van der Waals surface area contributed by atoms with Crippen LogP contribution >= 0.6 is 0 Å². The van der Waals surface area contributed by atoms with Crippen molar-refractivity contribution in [3.8, 4) is 0 Å². The third-order valence-corrected chi connectivity index (χ3v) is 5.65. The summed E-state index contributed by atoms with van der Waals surface area (Å²) in [7, 11) is -3.37. The van der Waals surface area contributed by atoms with Crippen LogP contribution in [0.1, 0.15) is 38.2 Å². The second kappa shape index (κ2) is 6.55. The van der Waals surface area contributed by atoms with Crippen LogP contribution in [0.4, 0.5) is 0 Å². The Morgan fingerprint density at radius 3 is 2.55 bits per heavy atom. The zero-order valence-electron chi connectivity index (χ0n) is 12.2. The zero-order chi connectivity index (χ0) is 14.6. The van der Waals surface area contributed by atoms with Crippen LogP contribution in [-0.2, 0) is 10.0 Å². The largest absolute Gasteiger partial charge is 0.243 e. The number of hydrogen-bond donors (Lipinski definition) is 0. The molecule has 0 radical (unpaired) electrons. The fraction of sp³-hybridized carbons (Fsp3) is 0.500. The van der Waals surface area contributed by atoms with Crippen LogP contribution in [0.3, 0.4) is 0 Å². The molecule has 1 unspecified atom stereocenters. The van der Waals surface area contributed by atoms with Crippen molar-refractivity contribution in [1.29, 1.82) is 0 Å². The third-order valence-electron chi connectivity index (χ3n) is 3.74. The standard InChI is InChI=1S/C16H23NO2S/c1-3-4-5-7-15-8-6-13-17(15)20(18,19)16-11-9-14(2)10-12-16/h6,8-12,15H,3-5,7,13H2,1-2H3. The fourth-order valence-corrected chi connectivity index (χ4v) is 4.08. The van der Waals surface area contributed by atoms with Gasteiger partial charge in [-0.1, -0.05) is 56.0 Å². The van der Waals surface area contributed by atoms with Gasteiger partial charge in [0, 0.05) is 12.6 Å². The maximum atomic E-state index is 12.7. The van der Waals surface area contributed by atoms with Gasteiger partial charge in [-0.2, -0.15) is 4.31 Å². The Hall–Kier alpha value is -1.13. The molecular formula is C16H23NO2S. The highest BCUT2D eigenvalue weighted by molar-refractivity contribution is 7.89. The second-order valence-corrected chi connectivity index (χ2v) is 7.27. The van der Waals surface area contributed by atoms with Crippen molar-refractivity contribution in [3.63, 3.8) is 0 Å². The normalized spacial score (nSPS) is 19.6. The lowest BCUT2D eigenvalue weighted by Gasteiger charge is -2.24. The molecule has 0 bridgehead atoms. The average molecular weight is 293 g/mol. The van der Waals surface area contributed by atoms with E-state index in [9.17, 15) is 8.42 Å². The monoisotopic (exact) mass is 293 g/mol. The SMILES string of the molecule is CCCCCC1C=CCN1S(=O)(=O)c1ccc(C)cc1. The lowest BCUT2D eigenvalue weighted by molar-refractivity contribution is 0.385. The van der Waals surface area contributed by atoms with Gasteiger partial charge in [0.25, 0.3) is 0 Å². The first-order valence-corrected chi connectivity index (χ1v) is 8.75. The lowest BCUT2D eigenvalue weighted by atomic mass is 10.1. The molecule has 0 aromatic heterocycles. The molecule has 0 amide bonds. The topological polar surface area (TPSA) is 37.4 Å². The van der Waals surface area contributed by atoms with E-state index in [1.54, 1.807) is 16.4 Å². The summed E-state index contributed by atoms with van der Waals surface area (Å²) < 4.78 is 27.0. The minimum absolute atomic E-state index is 0.0212. The highest BCUT2D eigenvalue weighted by Crippen LogP contribution is 2.25. The number of nitrogens with zero attached hydrogens (tertiary/aromatic N) is 1. The summed E-state index contributed by atoms with van der Waals surface area (Å²) >= 11 is 0. The van der Waals surface area contributed by atoms with E-state index in [4.69, 9.17) is 0 Å². The highest BCUT2D eigenvalue weighted by Gasteiger charge is 2.31. The van der Waals surface area contributed by atoms with Crippen molar-refractivity contribution in [1.82, 2.24) is 4.31 Å². The first kappa shape index (κ1) is 15.3. The number of benzene rings is 1. The summed E-state index contributed by atoms with van der Waals surface area (Å²) in [5, 5.41) is 0. The Balaban J connectivity index is 2.14. The Bertz CT molecular complexity index is 561. The van der Waals surface area contributed by atoms with Crippen LogP contribution in [0.5, 0.6) is 0 Å². The van der Waals surface area contributed by atoms with Crippen LogP contribution < -0.4 is 0 Å². The lowest BCUT2D eigenvalue weighted by Crippen LogP contribution is -2.36. The molecule has 4 heteroatoms. The Labute approximate surface area is 122 Å². The average Bonchev–Trinajstić information content (AvgIpc) is 2.89. The molecule has 0 spiro atoms. The van der Waals surface area contributed by atoms with Crippen molar-refractivity contribution >= 4 is 10.0 Å². The van der Waals surface area contributed by atoms with Crippen LogP contribution in [0.2, 0.25) is 0 Å². The molecule has 0 aliphatic carbocycles. The van der Waals surface area contributed by atoms with Gasteiger partial charge in [0.2, 0.25) is 10.0 Å². The van der Waals surface area contributed by atoms with Crippen LogP contribution in [0, 0.1) is 6.92 Å². The molecule has 1 aromatic carbocycles. The predicted octanol–water partition coefficient (Wildman–Crippen LogP) is 3.50. The van der Waals surface area contributed by atoms with Gasteiger partial charge in [0.1, 0.15) is 0 Å². The van der Waals surface area contributed by atoms with E-state index in [2.05, 4.69) is 6.92 Å². The minimum atomic E-state index is -3.37. The Kier molecular flexibility index (Phi) is 5.00. The number of sulfonamides is 1. The first-order valence-electron chi connectivity index (χ1n) is 7.31. The fourth-order valence-electron chi connectivity index (χ4n) is 2.52. The number of hydrogen-bond acceptors (Lipinski definition) is 2. The second-order valence-electron chi connectivity index (χ2n) is 5.38. The molecule has 0 fully saturated rings. The number of rotatable bonds is 6. The van der Waals surface area contributed by atoms with Crippen molar-refractivity contribution in [2.24, 2.45) is 0 Å². The number of aryl methyl sites for hydroxylation is 1. The van der Waals surface area contributed by atoms with Crippen LogP contribution in [-0.4, -0.2) is 25.3 Å². The molecule has 1 heterocycles. The molecule has 2 rings (SSSR count). The molecule has 1 aromatic rings. The summed E-state index contributed by atoms with van der Waals surface area (Å²) in [5.41, 5.74) is 1.07. The van der Waals surface area contributed by atoms with Gasteiger partial charge in [-0.25, -0.2) is 8.42 Å². The molecule has 3 nitrogen and oxygen atoms in total. The Morgan fingerprint density at radius 1 is 1.20 bits per heavy atom. The van der Waals surface area contributed by atoms with Crippen molar-refractivity contribution in [2.75, 3.05) is 6.54 Å².